The second kappa shape index (κ2) is 10.5. The summed E-state index contributed by atoms with van der Waals surface area (Å²) in [7, 11) is 0. The van der Waals surface area contributed by atoms with Crippen molar-refractivity contribution >= 4 is 17.1 Å². The highest BCUT2D eigenvalue weighted by atomic mass is 32.1. The van der Waals surface area contributed by atoms with Crippen LogP contribution in [0.15, 0.2) is 18.2 Å². The molecule has 0 spiro atoms. The van der Waals surface area contributed by atoms with Crippen molar-refractivity contribution in [3.63, 3.8) is 0 Å². The van der Waals surface area contributed by atoms with E-state index in [1.807, 2.05) is 18.2 Å². The van der Waals surface area contributed by atoms with Crippen LogP contribution >= 0.6 is 11.3 Å². The third-order valence-corrected chi connectivity index (χ3v) is 8.64. The Balaban J connectivity index is 1.04. The van der Waals surface area contributed by atoms with Gasteiger partial charge in [0, 0.05) is 48.9 Å². The summed E-state index contributed by atoms with van der Waals surface area (Å²) in [6.45, 7) is 3.69. The van der Waals surface area contributed by atoms with Gasteiger partial charge < -0.3 is 9.47 Å². The SMILES string of the molecule is CC(F)(F)COc1nc2c(s1)CCN(CCC1CCC(CC(=O)c3cccc4c3CCO4)CC1)C2. The van der Waals surface area contributed by atoms with E-state index in [-0.39, 0.29) is 5.78 Å². The van der Waals surface area contributed by atoms with Crippen LogP contribution in [0.1, 0.15) is 71.9 Å². The maximum atomic E-state index is 13.1. The molecule has 1 fully saturated rings. The molecule has 1 aliphatic carbocycles. The van der Waals surface area contributed by atoms with E-state index >= 15 is 0 Å². The molecule has 0 unspecified atom stereocenters. The first-order chi connectivity index (χ1) is 16.8. The lowest BCUT2D eigenvalue weighted by atomic mass is 9.78. The van der Waals surface area contributed by atoms with Crippen molar-refractivity contribution in [2.24, 2.45) is 11.8 Å². The van der Waals surface area contributed by atoms with Crippen LogP contribution in [0.25, 0.3) is 0 Å². The van der Waals surface area contributed by atoms with E-state index in [0.717, 1.165) is 86.1 Å². The van der Waals surface area contributed by atoms with Gasteiger partial charge in [-0.05, 0) is 50.1 Å². The number of rotatable bonds is 9. The standard InChI is InChI=1S/C27H34F2N2O3S/c1-27(28,29)17-34-26-30-22-16-31(13-10-25(22)35-26)12-9-18-5-7-19(8-6-18)15-23(32)20-3-2-4-24-21(20)11-14-33-24/h2-4,18-19H,5-17H2,1H3. The number of nitrogens with zero attached hydrogens (tertiary/aromatic N) is 2. The Morgan fingerprint density at radius 3 is 2.83 bits per heavy atom. The molecule has 0 saturated heterocycles. The predicted octanol–water partition coefficient (Wildman–Crippen LogP) is 5.94. The Labute approximate surface area is 209 Å². The number of carbonyl (C=O) groups is 1. The first-order valence-corrected chi connectivity index (χ1v) is 13.6. The van der Waals surface area contributed by atoms with Crippen LogP contribution in [-0.2, 0) is 19.4 Å². The molecule has 2 aliphatic heterocycles. The summed E-state index contributed by atoms with van der Waals surface area (Å²) in [5.41, 5.74) is 2.94. The lowest BCUT2D eigenvalue weighted by molar-refractivity contribution is -0.0230. The second-order valence-corrected chi connectivity index (χ2v) is 11.5. The number of carbonyl (C=O) groups excluding carboxylic acids is 1. The summed E-state index contributed by atoms with van der Waals surface area (Å²) in [5, 5.41) is 0.360. The van der Waals surface area contributed by atoms with E-state index < -0.39 is 12.5 Å². The molecular formula is C27H34F2N2O3S. The largest absolute Gasteiger partial charge is 0.493 e. The van der Waals surface area contributed by atoms with Gasteiger partial charge >= 0.3 is 0 Å². The number of fused-ring (bicyclic) bond motifs is 2. The van der Waals surface area contributed by atoms with Crippen LogP contribution in [-0.4, -0.2) is 47.9 Å². The molecular weight excluding hydrogens is 470 g/mol. The number of aromatic nitrogens is 1. The minimum absolute atomic E-state index is 0.272. The zero-order valence-corrected chi connectivity index (χ0v) is 21.2. The zero-order chi connectivity index (χ0) is 24.4. The Bertz CT molecular complexity index is 1040. The number of ketones is 1. The van der Waals surface area contributed by atoms with E-state index in [4.69, 9.17) is 9.47 Å². The highest BCUT2D eigenvalue weighted by Crippen LogP contribution is 2.36. The number of Topliss-reactive ketones (excluding diaryl/α,β-unsaturated/α-hetero) is 1. The molecule has 0 atom stereocenters. The van der Waals surface area contributed by atoms with Gasteiger partial charge in [0.05, 0.1) is 12.3 Å². The summed E-state index contributed by atoms with van der Waals surface area (Å²) < 4.78 is 37.0. The molecule has 5 nitrogen and oxygen atoms in total. The van der Waals surface area contributed by atoms with Crippen LogP contribution in [0.3, 0.4) is 0 Å². The van der Waals surface area contributed by atoms with E-state index in [1.165, 1.54) is 24.2 Å². The van der Waals surface area contributed by atoms with Crippen molar-refractivity contribution in [2.75, 3.05) is 26.3 Å². The highest BCUT2D eigenvalue weighted by Gasteiger charge is 2.28. The van der Waals surface area contributed by atoms with Crippen LogP contribution in [0.4, 0.5) is 8.78 Å². The Morgan fingerprint density at radius 1 is 1.23 bits per heavy atom. The molecule has 5 rings (SSSR count). The summed E-state index contributed by atoms with van der Waals surface area (Å²) >= 11 is 1.41. The molecule has 0 N–H and O–H groups in total. The molecule has 35 heavy (non-hydrogen) atoms. The number of halogens is 2. The number of thiazole rings is 1. The average molecular weight is 505 g/mol. The fourth-order valence-corrected chi connectivity index (χ4v) is 6.52. The van der Waals surface area contributed by atoms with Gasteiger partial charge in [-0.1, -0.05) is 36.3 Å². The van der Waals surface area contributed by atoms with Gasteiger partial charge in [-0.25, -0.2) is 13.8 Å². The Morgan fingerprint density at radius 2 is 2.03 bits per heavy atom. The van der Waals surface area contributed by atoms with Gasteiger partial charge in [-0.2, -0.15) is 0 Å². The average Bonchev–Trinajstić information content (AvgIpc) is 3.48. The number of benzene rings is 1. The fourth-order valence-electron chi connectivity index (χ4n) is 5.61. The van der Waals surface area contributed by atoms with Gasteiger partial charge in [0.1, 0.15) is 5.75 Å². The third kappa shape index (κ3) is 6.20. The maximum absolute atomic E-state index is 13.1. The van der Waals surface area contributed by atoms with E-state index in [1.54, 1.807) is 0 Å². The molecule has 3 heterocycles. The topological polar surface area (TPSA) is 51.7 Å². The van der Waals surface area contributed by atoms with Crippen LogP contribution in [0, 0.1) is 11.8 Å². The molecule has 1 aromatic carbocycles. The lowest BCUT2D eigenvalue weighted by Crippen LogP contribution is -2.32. The minimum Gasteiger partial charge on any atom is -0.493 e. The van der Waals surface area contributed by atoms with Crippen molar-refractivity contribution in [3.05, 3.63) is 39.9 Å². The predicted molar refractivity (Wildman–Crippen MR) is 132 cm³/mol. The number of hydrogen-bond acceptors (Lipinski definition) is 6. The van der Waals surface area contributed by atoms with Crippen LogP contribution in [0.5, 0.6) is 10.9 Å². The zero-order valence-electron chi connectivity index (χ0n) is 20.4. The molecule has 0 bridgehead atoms. The van der Waals surface area contributed by atoms with Crippen LogP contribution < -0.4 is 9.47 Å². The van der Waals surface area contributed by atoms with Gasteiger partial charge in [-0.3, -0.25) is 9.69 Å². The molecule has 3 aliphatic rings. The second-order valence-electron chi connectivity index (χ2n) is 10.4. The first-order valence-electron chi connectivity index (χ1n) is 12.8. The van der Waals surface area contributed by atoms with Gasteiger partial charge in [0.2, 0.25) is 0 Å². The van der Waals surface area contributed by atoms with E-state index in [9.17, 15) is 13.6 Å². The molecule has 1 saturated carbocycles. The number of alkyl halides is 2. The van der Waals surface area contributed by atoms with Crippen molar-refractivity contribution in [1.82, 2.24) is 9.88 Å². The summed E-state index contributed by atoms with van der Waals surface area (Å²) in [6, 6.07) is 5.85. The summed E-state index contributed by atoms with van der Waals surface area (Å²) in [4.78, 5) is 21.0. The number of ether oxygens (including phenoxy) is 2. The smallest absolute Gasteiger partial charge is 0.278 e. The summed E-state index contributed by atoms with van der Waals surface area (Å²) in [5.74, 6) is -0.500. The molecule has 8 heteroatoms. The van der Waals surface area contributed by atoms with E-state index in [2.05, 4.69) is 9.88 Å². The van der Waals surface area contributed by atoms with Gasteiger partial charge in [0.15, 0.2) is 12.4 Å². The highest BCUT2D eigenvalue weighted by molar-refractivity contribution is 7.13. The molecule has 1 aromatic heterocycles. The van der Waals surface area contributed by atoms with Gasteiger partial charge in [-0.15, -0.1) is 0 Å². The molecule has 0 radical (unpaired) electrons. The number of hydrogen-bond donors (Lipinski definition) is 0. The molecule has 2 aromatic rings. The van der Waals surface area contributed by atoms with Crippen molar-refractivity contribution < 1.29 is 23.0 Å². The van der Waals surface area contributed by atoms with Crippen molar-refractivity contribution in [1.29, 1.82) is 0 Å². The Hall–Kier alpha value is -2.06. The third-order valence-electron chi connectivity index (χ3n) is 7.57. The normalized spacial score (nSPS) is 22.4. The van der Waals surface area contributed by atoms with Crippen molar-refractivity contribution in [2.45, 2.75) is 70.8 Å². The molecule has 190 valence electrons. The summed E-state index contributed by atoms with van der Waals surface area (Å²) in [6.07, 6.45) is 8.18. The van der Waals surface area contributed by atoms with Gasteiger partial charge in [0.25, 0.3) is 11.1 Å². The minimum atomic E-state index is -2.85. The molecule has 0 amide bonds. The fraction of sp³-hybridized carbons (Fsp3) is 0.630. The monoisotopic (exact) mass is 504 g/mol. The Kier molecular flexibility index (Phi) is 7.39. The van der Waals surface area contributed by atoms with E-state index in [0.29, 0.717) is 30.1 Å². The quantitative estimate of drug-likeness (QED) is 0.396. The van der Waals surface area contributed by atoms with Crippen LogP contribution in [0.2, 0.25) is 0 Å². The lowest BCUT2D eigenvalue weighted by Gasteiger charge is -2.31. The van der Waals surface area contributed by atoms with Crippen molar-refractivity contribution in [3.8, 4) is 10.9 Å². The maximum Gasteiger partial charge on any atom is 0.278 e. The first kappa shape index (κ1) is 24.6.